The van der Waals surface area contributed by atoms with E-state index in [0.717, 1.165) is 19.5 Å². The Morgan fingerprint density at radius 3 is 3.20 bits per heavy atom. The molecular weight excluding hydrogens is 212 g/mol. The van der Waals surface area contributed by atoms with Crippen LogP contribution in [0.3, 0.4) is 0 Å². The second-order valence-corrected chi connectivity index (χ2v) is 4.73. The highest BCUT2D eigenvalue weighted by Gasteiger charge is 2.24. The lowest BCUT2D eigenvalue weighted by molar-refractivity contribution is 0.0940. The van der Waals surface area contributed by atoms with Crippen molar-refractivity contribution in [3.63, 3.8) is 0 Å². The standard InChI is InChI=1S/C10H14N2O2S/c13-7-8-1-3-12(5-8)6-9(14)10-11-2-4-15-10/h2,4,8,13H,1,3,5-7H2. The fourth-order valence-electron chi connectivity index (χ4n) is 1.84. The Morgan fingerprint density at radius 1 is 1.73 bits per heavy atom. The monoisotopic (exact) mass is 226 g/mol. The highest BCUT2D eigenvalue weighted by Crippen LogP contribution is 2.16. The van der Waals surface area contributed by atoms with E-state index in [0.29, 0.717) is 17.5 Å². The number of ketones is 1. The summed E-state index contributed by atoms with van der Waals surface area (Å²) in [6.07, 6.45) is 2.64. The second-order valence-electron chi connectivity index (χ2n) is 3.83. The highest BCUT2D eigenvalue weighted by molar-refractivity contribution is 7.11. The summed E-state index contributed by atoms with van der Waals surface area (Å²) in [6, 6.07) is 0. The molecule has 1 unspecified atom stereocenters. The first-order valence-electron chi connectivity index (χ1n) is 5.05. The first-order chi connectivity index (χ1) is 7.29. The van der Waals surface area contributed by atoms with E-state index in [9.17, 15) is 4.79 Å². The molecule has 4 nitrogen and oxygen atoms in total. The topological polar surface area (TPSA) is 53.4 Å². The summed E-state index contributed by atoms with van der Waals surface area (Å²) in [5, 5.41) is 11.4. The lowest BCUT2D eigenvalue weighted by Crippen LogP contribution is -2.28. The van der Waals surface area contributed by atoms with Crippen molar-refractivity contribution >= 4 is 17.1 Å². The fraction of sp³-hybridized carbons (Fsp3) is 0.600. The normalized spacial score (nSPS) is 22.1. The Hall–Kier alpha value is -0.780. The number of hydrogen-bond acceptors (Lipinski definition) is 5. The van der Waals surface area contributed by atoms with Crippen LogP contribution in [0.4, 0.5) is 0 Å². The average molecular weight is 226 g/mol. The van der Waals surface area contributed by atoms with Gasteiger partial charge in [0.2, 0.25) is 5.78 Å². The molecule has 0 amide bonds. The summed E-state index contributed by atoms with van der Waals surface area (Å²) in [5.74, 6) is 0.428. The molecule has 5 heteroatoms. The SMILES string of the molecule is O=C(CN1CCC(CO)C1)c1nccs1. The van der Waals surface area contributed by atoms with Crippen LogP contribution in [0.15, 0.2) is 11.6 Å². The van der Waals surface area contributed by atoms with Crippen molar-refractivity contribution in [3.05, 3.63) is 16.6 Å². The number of thiazole rings is 1. The zero-order valence-corrected chi connectivity index (χ0v) is 9.24. The number of aliphatic hydroxyl groups excluding tert-OH is 1. The van der Waals surface area contributed by atoms with Crippen molar-refractivity contribution in [1.82, 2.24) is 9.88 Å². The maximum absolute atomic E-state index is 11.7. The van der Waals surface area contributed by atoms with E-state index >= 15 is 0 Å². The summed E-state index contributed by atoms with van der Waals surface area (Å²) >= 11 is 1.38. The first kappa shape index (κ1) is 10.7. The number of hydrogen-bond donors (Lipinski definition) is 1. The minimum Gasteiger partial charge on any atom is -0.396 e. The van der Waals surface area contributed by atoms with Gasteiger partial charge in [0.1, 0.15) is 0 Å². The minimum atomic E-state index is 0.0867. The molecule has 1 atom stereocenters. The van der Waals surface area contributed by atoms with Crippen LogP contribution in [0.1, 0.15) is 16.2 Å². The lowest BCUT2D eigenvalue weighted by atomic mass is 10.1. The van der Waals surface area contributed by atoms with Crippen LogP contribution >= 0.6 is 11.3 Å². The van der Waals surface area contributed by atoms with Crippen LogP contribution in [0.2, 0.25) is 0 Å². The van der Waals surface area contributed by atoms with Crippen molar-refractivity contribution in [2.75, 3.05) is 26.2 Å². The molecule has 1 fully saturated rings. The van der Waals surface area contributed by atoms with Crippen molar-refractivity contribution in [1.29, 1.82) is 0 Å². The Balaban J connectivity index is 1.86. The van der Waals surface area contributed by atoms with E-state index in [4.69, 9.17) is 5.11 Å². The third-order valence-electron chi connectivity index (χ3n) is 2.67. The molecule has 1 N–H and O–H groups in total. The van der Waals surface area contributed by atoms with Gasteiger partial charge in [0.15, 0.2) is 5.01 Å². The summed E-state index contributed by atoms with van der Waals surface area (Å²) in [7, 11) is 0. The van der Waals surface area contributed by atoms with Crippen molar-refractivity contribution in [2.24, 2.45) is 5.92 Å². The molecule has 82 valence electrons. The van der Waals surface area contributed by atoms with Gasteiger partial charge in [-0.15, -0.1) is 11.3 Å². The van der Waals surface area contributed by atoms with E-state index in [1.807, 2.05) is 5.38 Å². The van der Waals surface area contributed by atoms with E-state index in [1.54, 1.807) is 6.20 Å². The second kappa shape index (κ2) is 4.83. The molecule has 0 bridgehead atoms. The van der Waals surface area contributed by atoms with Crippen molar-refractivity contribution in [2.45, 2.75) is 6.42 Å². The predicted octanol–water partition coefficient (Wildman–Crippen LogP) is 0.640. The van der Waals surface area contributed by atoms with Crippen LogP contribution in [-0.2, 0) is 0 Å². The van der Waals surface area contributed by atoms with Gasteiger partial charge in [-0.2, -0.15) is 0 Å². The molecule has 2 heterocycles. The number of carbonyl (C=O) groups is 1. The van der Waals surface area contributed by atoms with Gasteiger partial charge in [-0.25, -0.2) is 4.98 Å². The quantitative estimate of drug-likeness (QED) is 0.765. The summed E-state index contributed by atoms with van der Waals surface area (Å²) in [6.45, 7) is 2.39. The summed E-state index contributed by atoms with van der Waals surface area (Å²) < 4.78 is 0. The zero-order valence-electron chi connectivity index (χ0n) is 8.43. The van der Waals surface area contributed by atoms with Crippen LogP contribution in [-0.4, -0.2) is 47.0 Å². The maximum atomic E-state index is 11.7. The van der Waals surface area contributed by atoms with Gasteiger partial charge in [0, 0.05) is 24.7 Å². The Labute approximate surface area is 92.6 Å². The molecule has 1 aromatic heterocycles. The first-order valence-corrected chi connectivity index (χ1v) is 5.93. The van der Waals surface area contributed by atoms with E-state index in [2.05, 4.69) is 9.88 Å². The molecular formula is C10H14N2O2S. The van der Waals surface area contributed by atoms with Gasteiger partial charge >= 0.3 is 0 Å². The zero-order chi connectivity index (χ0) is 10.7. The molecule has 0 radical (unpaired) electrons. The van der Waals surface area contributed by atoms with Gasteiger partial charge in [0.05, 0.1) is 6.54 Å². The number of nitrogens with zero attached hydrogens (tertiary/aromatic N) is 2. The Morgan fingerprint density at radius 2 is 2.60 bits per heavy atom. The fourth-order valence-corrected chi connectivity index (χ4v) is 2.41. The largest absolute Gasteiger partial charge is 0.396 e. The Kier molecular flexibility index (Phi) is 3.45. The number of Topliss-reactive ketones (excluding diaryl/α,β-unsaturated/α-hetero) is 1. The van der Waals surface area contributed by atoms with E-state index in [-0.39, 0.29) is 12.4 Å². The van der Waals surface area contributed by atoms with Crippen LogP contribution in [0.5, 0.6) is 0 Å². The molecule has 0 aliphatic carbocycles. The van der Waals surface area contributed by atoms with Crippen molar-refractivity contribution < 1.29 is 9.90 Å². The number of rotatable bonds is 4. The lowest BCUT2D eigenvalue weighted by Gasteiger charge is -2.13. The summed E-state index contributed by atoms with van der Waals surface area (Å²) in [5.41, 5.74) is 0. The number of likely N-dealkylation sites (tertiary alicyclic amines) is 1. The molecule has 2 rings (SSSR count). The third kappa shape index (κ3) is 2.62. The third-order valence-corrected chi connectivity index (χ3v) is 3.48. The maximum Gasteiger partial charge on any atom is 0.205 e. The van der Waals surface area contributed by atoms with Gasteiger partial charge in [-0.3, -0.25) is 9.69 Å². The van der Waals surface area contributed by atoms with Gasteiger partial charge in [0.25, 0.3) is 0 Å². The average Bonchev–Trinajstić information content (AvgIpc) is 2.87. The molecule has 1 saturated heterocycles. The van der Waals surface area contributed by atoms with Crippen molar-refractivity contribution in [3.8, 4) is 0 Å². The molecule has 15 heavy (non-hydrogen) atoms. The smallest absolute Gasteiger partial charge is 0.205 e. The van der Waals surface area contributed by atoms with Gasteiger partial charge in [-0.05, 0) is 18.9 Å². The van der Waals surface area contributed by atoms with Crippen LogP contribution in [0, 0.1) is 5.92 Å². The van der Waals surface area contributed by atoms with Gasteiger partial charge in [-0.1, -0.05) is 0 Å². The molecule has 1 aliphatic rings. The van der Waals surface area contributed by atoms with Crippen LogP contribution in [0.25, 0.3) is 0 Å². The predicted molar refractivity (Wildman–Crippen MR) is 58.1 cm³/mol. The summed E-state index contributed by atoms with van der Waals surface area (Å²) in [4.78, 5) is 17.8. The molecule has 0 spiro atoms. The minimum absolute atomic E-state index is 0.0867. The Bertz CT molecular complexity index is 326. The van der Waals surface area contributed by atoms with E-state index in [1.165, 1.54) is 11.3 Å². The van der Waals surface area contributed by atoms with Gasteiger partial charge < -0.3 is 5.11 Å². The molecule has 1 aromatic rings. The number of aliphatic hydroxyl groups is 1. The molecule has 0 aromatic carbocycles. The van der Waals surface area contributed by atoms with Crippen LogP contribution < -0.4 is 0 Å². The number of aromatic nitrogens is 1. The molecule has 0 saturated carbocycles. The van der Waals surface area contributed by atoms with E-state index < -0.39 is 0 Å². The highest BCUT2D eigenvalue weighted by atomic mass is 32.1. The number of carbonyl (C=O) groups excluding carboxylic acids is 1. The molecule has 1 aliphatic heterocycles.